The van der Waals surface area contributed by atoms with Gasteiger partial charge in [-0.15, -0.1) is 0 Å². The molecule has 0 aliphatic carbocycles. The second-order valence-corrected chi connectivity index (χ2v) is 3.82. The molecular formula is C9H19N3O. The van der Waals surface area contributed by atoms with Crippen molar-refractivity contribution >= 4 is 5.91 Å². The first kappa shape index (κ1) is 10.5. The Morgan fingerprint density at radius 2 is 2.31 bits per heavy atom. The van der Waals surface area contributed by atoms with E-state index in [-0.39, 0.29) is 11.9 Å². The molecule has 2 unspecified atom stereocenters. The van der Waals surface area contributed by atoms with Gasteiger partial charge in [0.1, 0.15) is 5.54 Å². The molecule has 1 fully saturated rings. The fourth-order valence-electron chi connectivity index (χ4n) is 1.81. The molecule has 76 valence electrons. The highest BCUT2D eigenvalue weighted by Gasteiger charge is 2.38. The van der Waals surface area contributed by atoms with Crippen LogP contribution in [0.15, 0.2) is 0 Å². The number of nitrogens with one attached hydrogen (secondary N) is 2. The standard InChI is InChI=1S/C9H19N3O/c1-9(11-2,8(10)13)7-5-3-4-6-12-7/h7,11-12H,3-6H2,1-2H3,(H2,10,13). The largest absolute Gasteiger partial charge is 0.368 e. The summed E-state index contributed by atoms with van der Waals surface area (Å²) in [4.78, 5) is 11.3. The topological polar surface area (TPSA) is 67.1 Å². The molecule has 4 heteroatoms. The van der Waals surface area contributed by atoms with E-state index in [1.807, 2.05) is 6.92 Å². The van der Waals surface area contributed by atoms with Gasteiger partial charge in [0.25, 0.3) is 0 Å². The van der Waals surface area contributed by atoms with Crippen molar-refractivity contribution in [2.75, 3.05) is 13.6 Å². The van der Waals surface area contributed by atoms with E-state index in [1.165, 1.54) is 12.8 Å². The molecule has 1 aliphatic rings. The van der Waals surface area contributed by atoms with E-state index in [1.54, 1.807) is 7.05 Å². The highest BCUT2D eigenvalue weighted by Crippen LogP contribution is 2.18. The minimum atomic E-state index is -0.611. The first-order chi connectivity index (χ1) is 6.11. The first-order valence-electron chi connectivity index (χ1n) is 4.83. The van der Waals surface area contributed by atoms with Crippen molar-refractivity contribution in [2.24, 2.45) is 5.73 Å². The maximum Gasteiger partial charge on any atom is 0.239 e. The number of carbonyl (C=O) groups excluding carboxylic acids is 1. The maximum atomic E-state index is 11.3. The zero-order valence-electron chi connectivity index (χ0n) is 8.39. The molecule has 0 bridgehead atoms. The normalized spacial score (nSPS) is 28.0. The van der Waals surface area contributed by atoms with Crippen LogP contribution >= 0.6 is 0 Å². The molecule has 2 atom stereocenters. The van der Waals surface area contributed by atoms with Crippen molar-refractivity contribution in [2.45, 2.75) is 37.8 Å². The predicted molar refractivity (Wildman–Crippen MR) is 52.3 cm³/mol. The van der Waals surface area contributed by atoms with Gasteiger partial charge in [0.2, 0.25) is 5.91 Å². The van der Waals surface area contributed by atoms with Crippen LogP contribution in [0.3, 0.4) is 0 Å². The van der Waals surface area contributed by atoms with E-state index >= 15 is 0 Å². The zero-order valence-corrected chi connectivity index (χ0v) is 8.39. The summed E-state index contributed by atoms with van der Waals surface area (Å²) >= 11 is 0. The third-order valence-electron chi connectivity index (χ3n) is 3.04. The molecule has 4 nitrogen and oxygen atoms in total. The number of rotatable bonds is 3. The zero-order chi connectivity index (χ0) is 9.90. The van der Waals surface area contributed by atoms with Gasteiger partial charge < -0.3 is 16.4 Å². The number of hydrogen-bond donors (Lipinski definition) is 3. The summed E-state index contributed by atoms with van der Waals surface area (Å²) < 4.78 is 0. The lowest BCUT2D eigenvalue weighted by Gasteiger charge is -2.37. The number of primary amides is 1. The van der Waals surface area contributed by atoms with Crippen molar-refractivity contribution in [1.29, 1.82) is 0 Å². The second kappa shape index (κ2) is 4.07. The van der Waals surface area contributed by atoms with E-state index in [0.29, 0.717) is 0 Å². The fraction of sp³-hybridized carbons (Fsp3) is 0.889. The van der Waals surface area contributed by atoms with E-state index < -0.39 is 5.54 Å². The first-order valence-corrected chi connectivity index (χ1v) is 4.83. The summed E-state index contributed by atoms with van der Waals surface area (Å²) in [6.07, 6.45) is 3.37. The van der Waals surface area contributed by atoms with Gasteiger partial charge in [0.05, 0.1) is 0 Å². The van der Waals surface area contributed by atoms with Crippen LogP contribution in [0.25, 0.3) is 0 Å². The molecule has 0 aromatic carbocycles. The third-order valence-corrected chi connectivity index (χ3v) is 3.04. The van der Waals surface area contributed by atoms with Crippen molar-refractivity contribution < 1.29 is 4.79 Å². The minimum Gasteiger partial charge on any atom is -0.368 e. The van der Waals surface area contributed by atoms with Crippen LogP contribution in [0.5, 0.6) is 0 Å². The fourth-order valence-corrected chi connectivity index (χ4v) is 1.81. The van der Waals surface area contributed by atoms with Crippen LogP contribution < -0.4 is 16.4 Å². The van der Waals surface area contributed by atoms with Gasteiger partial charge in [0, 0.05) is 6.04 Å². The van der Waals surface area contributed by atoms with Gasteiger partial charge in [-0.25, -0.2) is 0 Å². The lowest BCUT2D eigenvalue weighted by molar-refractivity contribution is -0.125. The Morgan fingerprint density at radius 3 is 2.69 bits per heavy atom. The van der Waals surface area contributed by atoms with E-state index in [0.717, 1.165) is 13.0 Å². The molecule has 0 spiro atoms. The molecule has 0 aromatic heterocycles. The highest BCUT2D eigenvalue weighted by molar-refractivity contribution is 5.85. The van der Waals surface area contributed by atoms with Gasteiger partial charge in [-0.2, -0.15) is 0 Å². The minimum absolute atomic E-state index is 0.170. The highest BCUT2D eigenvalue weighted by atomic mass is 16.1. The van der Waals surface area contributed by atoms with Gasteiger partial charge >= 0.3 is 0 Å². The van der Waals surface area contributed by atoms with Crippen LogP contribution in [0.2, 0.25) is 0 Å². The molecule has 0 saturated carbocycles. The van der Waals surface area contributed by atoms with Gasteiger partial charge in [0.15, 0.2) is 0 Å². The monoisotopic (exact) mass is 185 g/mol. The Kier molecular flexibility index (Phi) is 3.27. The molecule has 4 N–H and O–H groups in total. The second-order valence-electron chi connectivity index (χ2n) is 3.82. The Bertz CT molecular complexity index is 189. The van der Waals surface area contributed by atoms with Gasteiger partial charge in [-0.05, 0) is 33.4 Å². The average molecular weight is 185 g/mol. The van der Waals surface area contributed by atoms with Crippen molar-refractivity contribution in [3.63, 3.8) is 0 Å². The van der Waals surface area contributed by atoms with Crippen LogP contribution in [-0.4, -0.2) is 31.1 Å². The van der Waals surface area contributed by atoms with Crippen LogP contribution in [0.4, 0.5) is 0 Å². The predicted octanol–water partition coefficient (Wildman–Crippen LogP) is -0.408. The SMILES string of the molecule is CNC(C)(C(N)=O)C1CCCCN1. The average Bonchev–Trinajstić information content (AvgIpc) is 2.17. The summed E-state index contributed by atoms with van der Waals surface area (Å²) in [7, 11) is 1.78. The molecule has 1 amide bonds. The summed E-state index contributed by atoms with van der Waals surface area (Å²) in [5.74, 6) is -0.283. The van der Waals surface area contributed by atoms with E-state index in [9.17, 15) is 4.79 Å². The molecule has 1 heterocycles. The molecule has 1 saturated heterocycles. The number of piperidine rings is 1. The lowest BCUT2D eigenvalue weighted by atomic mass is 9.86. The Balaban J connectivity index is 2.68. The summed E-state index contributed by atoms with van der Waals surface area (Å²) in [5.41, 5.74) is 4.76. The number of nitrogens with two attached hydrogens (primary N) is 1. The smallest absolute Gasteiger partial charge is 0.239 e. The van der Waals surface area contributed by atoms with Gasteiger partial charge in [-0.1, -0.05) is 6.42 Å². The van der Waals surface area contributed by atoms with Crippen molar-refractivity contribution in [1.82, 2.24) is 10.6 Å². The molecular weight excluding hydrogens is 166 g/mol. The maximum absolute atomic E-state index is 11.3. The van der Waals surface area contributed by atoms with Gasteiger partial charge in [-0.3, -0.25) is 4.79 Å². The van der Waals surface area contributed by atoms with Crippen LogP contribution in [0.1, 0.15) is 26.2 Å². The van der Waals surface area contributed by atoms with E-state index in [4.69, 9.17) is 5.73 Å². The van der Waals surface area contributed by atoms with Crippen LogP contribution in [0, 0.1) is 0 Å². The Hall–Kier alpha value is -0.610. The lowest BCUT2D eigenvalue weighted by Crippen LogP contribution is -2.64. The summed E-state index contributed by atoms with van der Waals surface area (Å²) in [6, 6.07) is 0.170. The van der Waals surface area contributed by atoms with E-state index in [2.05, 4.69) is 10.6 Å². The van der Waals surface area contributed by atoms with Crippen LogP contribution in [-0.2, 0) is 4.79 Å². The number of amides is 1. The Labute approximate surface area is 79.3 Å². The molecule has 13 heavy (non-hydrogen) atoms. The number of hydrogen-bond acceptors (Lipinski definition) is 3. The summed E-state index contributed by atoms with van der Waals surface area (Å²) in [5, 5.41) is 6.34. The van der Waals surface area contributed by atoms with Crippen molar-refractivity contribution in [3.05, 3.63) is 0 Å². The summed E-state index contributed by atoms with van der Waals surface area (Å²) in [6.45, 7) is 2.84. The van der Waals surface area contributed by atoms with Crippen molar-refractivity contribution in [3.8, 4) is 0 Å². The number of likely N-dealkylation sites (N-methyl/N-ethyl adjacent to an activating group) is 1. The molecule has 1 rings (SSSR count). The third kappa shape index (κ3) is 2.00. The molecule has 0 radical (unpaired) electrons. The number of carbonyl (C=O) groups is 1. The molecule has 0 aromatic rings. The Morgan fingerprint density at radius 1 is 1.62 bits per heavy atom. The quantitative estimate of drug-likeness (QED) is 0.560. The molecule has 1 aliphatic heterocycles.